The van der Waals surface area contributed by atoms with Crippen LogP contribution < -0.4 is 19.9 Å². The maximum atomic E-state index is 15.0. The number of carbonyl (C=O) groups excluding carboxylic acids is 2. The maximum absolute atomic E-state index is 15.0. The van der Waals surface area contributed by atoms with Crippen LogP contribution in [0.15, 0.2) is 77.6 Å². The standard InChI is InChI=1S/C43H41ClF4N6O7S/c1-23(55)26-8-13-31-33(19-26)49-39(34(50-42(57)61-43(2,3)4)18-25-16-27(45)20-28(46)17-25)54(41(31)56)35-15-14-32(44)37-38(35)52(22-36(47)48)51-40(37)53(62(58,59)30-11-12-30)21-24-6-9-29(60-5)10-7-24/h6-10,13-17,19-20,30,34,36H,11-12,18,21-22H2,1-5H3,(H,50,57)/t34-/m0/s1. The first kappa shape index (κ1) is 44.1. The number of hydrogen-bond donors (Lipinski definition) is 1. The zero-order valence-electron chi connectivity index (χ0n) is 34.1. The fourth-order valence-electron chi connectivity index (χ4n) is 7.10. The first-order valence-corrected chi connectivity index (χ1v) is 21.3. The van der Waals surface area contributed by atoms with Gasteiger partial charge in [-0.3, -0.25) is 18.8 Å². The van der Waals surface area contributed by atoms with E-state index in [2.05, 4.69) is 10.4 Å². The number of benzene rings is 4. The molecule has 0 saturated heterocycles. The van der Waals surface area contributed by atoms with E-state index in [-0.39, 0.29) is 67.6 Å². The number of alkyl halides is 2. The first-order valence-electron chi connectivity index (χ1n) is 19.4. The fraction of sp³-hybridized carbons (Fsp3) is 0.326. The van der Waals surface area contributed by atoms with Crippen LogP contribution >= 0.6 is 11.6 Å². The van der Waals surface area contributed by atoms with Crippen LogP contribution in [0.2, 0.25) is 5.02 Å². The van der Waals surface area contributed by atoms with Crippen molar-refractivity contribution in [1.82, 2.24) is 24.6 Å². The normalized spacial score (nSPS) is 13.7. The molecule has 0 bridgehead atoms. The van der Waals surface area contributed by atoms with Crippen molar-refractivity contribution >= 4 is 61.1 Å². The lowest BCUT2D eigenvalue weighted by Gasteiger charge is -2.26. The van der Waals surface area contributed by atoms with Crippen molar-refractivity contribution in [2.75, 3.05) is 11.4 Å². The number of aromatic nitrogens is 4. The Labute approximate surface area is 358 Å². The molecule has 1 N–H and O–H groups in total. The minimum absolute atomic E-state index is 0.0106. The fourth-order valence-corrected chi connectivity index (χ4v) is 9.13. The number of ether oxygens (including phenoxy) is 2. The van der Waals surface area contributed by atoms with E-state index in [0.29, 0.717) is 30.2 Å². The number of nitrogens with one attached hydrogen (secondary N) is 1. The highest BCUT2D eigenvalue weighted by Gasteiger charge is 2.42. The zero-order valence-corrected chi connectivity index (χ0v) is 35.7. The average Bonchev–Trinajstić information content (AvgIpc) is 3.99. The number of fused-ring (bicyclic) bond motifs is 2. The van der Waals surface area contributed by atoms with Crippen molar-refractivity contribution in [2.45, 2.75) is 83.4 Å². The van der Waals surface area contributed by atoms with Gasteiger partial charge in [0, 0.05) is 18.1 Å². The average molecular weight is 897 g/mol. The number of alkyl carbamates (subject to hydrolysis) is 1. The molecule has 19 heteroatoms. The molecule has 1 fully saturated rings. The molecule has 0 aliphatic heterocycles. The van der Waals surface area contributed by atoms with E-state index in [1.807, 2.05) is 0 Å². The largest absolute Gasteiger partial charge is 0.497 e. The van der Waals surface area contributed by atoms with Crippen molar-refractivity contribution in [3.63, 3.8) is 0 Å². The van der Waals surface area contributed by atoms with Crippen LogP contribution in [-0.2, 0) is 34.3 Å². The molecule has 2 heterocycles. The van der Waals surface area contributed by atoms with E-state index in [1.54, 1.807) is 45.0 Å². The van der Waals surface area contributed by atoms with E-state index >= 15 is 4.79 Å². The zero-order chi connectivity index (χ0) is 44.8. The number of anilines is 1. The van der Waals surface area contributed by atoms with E-state index in [0.717, 1.165) is 25.7 Å². The molecule has 326 valence electrons. The number of nitrogens with zero attached hydrogens (tertiary/aromatic N) is 5. The van der Waals surface area contributed by atoms with Gasteiger partial charge in [-0.05, 0) is 100 Å². The number of halogens is 5. The Bertz CT molecular complexity index is 2880. The van der Waals surface area contributed by atoms with E-state index in [4.69, 9.17) is 26.1 Å². The molecule has 0 radical (unpaired) electrons. The Balaban J connectivity index is 1.55. The summed E-state index contributed by atoms with van der Waals surface area (Å²) in [4.78, 5) is 45.8. The number of hydrogen-bond acceptors (Lipinski definition) is 9. The molecule has 1 saturated carbocycles. The Kier molecular flexibility index (Phi) is 12.1. The third-order valence-corrected chi connectivity index (χ3v) is 12.5. The van der Waals surface area contributed by atoms with Gasteiger partial charge < -0.3 is 14.8 Å². The van der Waals surface area contributed by atoms with Crippen LogP contribution in [0.3, 0.4) is 0 Å². The minimum atomic E-state index is -4.19. The Morgan fingerprint density at radius 2 is 1.66 bits per heavy atom. The lowest BCUT2D eigenvalue weighted by atomic mass is 10.0. The summed E-state index contributed by atoms with van der Waals surface area (Å²) in [5, 5.41) is 6.11. The van der Waals surface area contributed by atoms with Crippen molar-refractivity contribution in [3.8, 4) is 11.4 Å². The Morgan fingerprint density at radius 3 is 2.26 bits per heavy atom. The Morgan fingerprint density at radius 1 is 0.984 bits per heavy atom. The van der Waals surface area contributed by atoms with Gasteiger partial charge in [0.2, 0.25) is 10.0 Å². The number of sulfonamides is 1. The van der Waals surface area contributed by atoms with Crippen LogP contribution in [0, 0.1) is 11.6 Å². The summed E-state index contributed by atoms with van der Waals surface area (Å²) in [5.41, 5.74) is -1.52. The van der Waals surface area contributed by atoms with Crippen molar-refractivity contribution in [1.29, 1.82) is 0 Å². The van der Waals surface area contributed by atoms with Crippen LogP contribution in [0.25, 0.3) is 27.5 Å². The SMILES string of the molecule is COc1ccc(CN(c2nn(CC(F)F)c3c(-n4c([C@H](Cc5cc(F)cc(F)c5)NC(=O)OC(C)(C)C)nc5cc(C(C)=O)ccc5c4=O)ccc(Cl)c23)S(=O)(=O)C2CC2)cc1. The van der Waals surface area contributed by atoms with Crippen LogP contribution in [0.1, 0.15) is 73.9 Å². The third kappa shape index (κ3) is 9.25. The number of amides is 1. The molecule has 1 atom stereocenters. The van der Waals surface area contributed by atoms with Gasteiger partial charge >= 0.3 is 6.09 Å². The lowest BCUT2D eigenvalue weighted by Crippen LogP contribution is -2.39. The van der Waals surface area contributed by atoms with Crippen molar-refractivity contribution < 1.29 is 45.0 Å². The first-order chi connectivity index (χ1) is 29.2. The minimum Gasteiger partial charge on any atom is -0.497 e. The lowest BCUT2D eigenvalue weighted by molar-refractivity contribution is 0.0500. The van der Waals surface area contributed by atoms with Gasteiger partial charge in [0.05, 0.1) is 57.5 Å². The van der Waals surface area contributed by atoms with Gasteiger partial charge in [0.1, 0.15) is 35.4 Å². The highest BCUT2D eigenvalue weighted by molar-refractivity contribution is 7.93. The number of ketones is 1. The molecule has 6 aromatic rings. The van der Waals surface area contributed by atoms with Gasteiger partial charge in [0.15, 0.2) is 11.6 Å². The summed E-state index contributed by atoms with van der Waals surface area (Å²) in [6, 6.07) is 14.6. The topological polar surface area (TPSA) is 155 Å². The summed E-state index contributed by atoms with van der Waals surface area (Å²) in [6.07, 6.45) is -3.75. The van der Waals surface area contributed by atoms with Gasteiger partial charge in [-0.2, -0.15) is 5.10 Å². The molecule has 1 aliphatic rings. The number of Topliss-reactive ketones (excluding diaryl/α,β-unsaturated/α-hetero) is 1. The predicted molar refractivity (Wildman–Crippen MR) is 225 cm³/mol. The number of rotatable bonds is 14. The smallest absolute Gasteiger partial charge is 0.408 e. The molecular formula is C43H41ClF4N6O7S. The van der Waals surface area contributed by atoms with Crippen LogP contribution in [-0.4, -0.2) is 64.0 Å². The quantitative estimate of drug-likeness (QED) is 0.0838. The second-order valence-electron chi connectivity index (χ2n) is 15.9. The molecule has 0 unspecified atom stereocenters. The van der Waals surface area contributed by atoms with Crippen LogP contribution in [0.5, 0.6) is 5.75 Å². The monoisotopic (exact) mass is 896 g/mol. The van der Waals surface area contributed by atoms with Crippen molar-refractivity contribution in [3.05, 3.63) is 122 Å². The molecule has 1 aliphatic carbocycles. The highest BCUT2D eigenvalue weighted by Crippen LogP contribution is 2.42. The molecule has 0 spiro atoms. The van der Waals surface area contributed by atoms with Gasteiger partial charge in [-0.25, -0.2) is 40.1 Å². The molecule has 2 aromatic heterocycles. The molecule has 13 nitrogen and oxygen atoms in total. The summed E-state index contributed by atoms with van der Waals surface area (Å²) >= 11 is 6.90. The second kappa shape index (κ2) is 17.0. The predicted octanol–water partition coefficient (Wildman–Crippen LogP) is 8.45. The molecule has 7 rings (SSSR count). The summed E-state index contributed by atoms with van der Waals surface area (Å²) < 4.78 is 101. The second-order valence-corrected chi connectivity index (χ2v) is 18.4. The van der Waals surface area contributed by atoms with E-state index < -0.39 is 69.6 Å². The maximum Gasteiger partial charge on any atom is 0.408 e. The van der Waals surface area contributed by atoms with Gasteiger partial charge in [-0.15, -0.1) is 0 Å². The molecule has 62 heavy (non-hydrogen) atoms. The van der Waals surface area contributed by atoms with E-state index in [1.165, 1.54) is 44.4 Å². The third-order valence-electron chi connectivity index (χ3n) is 10.00. The van der Waals surface area contributed by atoms with Crippen LogP contribution in [0.4, 0.5) is 28.2 Å². The molecular weight excluding hydrogens is 856 g/mol. The molecule has 4 aromatic carbocycles. The van der Waals surface area contributed by atoms with Gasteiger partial charge in [0.25, 0.3) is 12.0 Å². The number of methoxy groups -OCH3 is 1. The van der Waals surface area contributed by atoms with E-state index in [9.17, 15) is 35.6 Å². The number of carbonyl (C=O) groups is 2. The summed E-state index contributed by atoms with van der Waals surface area (Å²) in [5.74, 6) is -2.29. The van der Waals surface area contributed by atoms with Crippen molar-refractivity contribution in [2.24, 2.45) is 0 Å². The molecule has 1 amide bonds. The Hall–Kier alpha value is -6.01. The highest BCUT2D eigenvalue weighted by atomic mass is 35.5. The van der Waals surface area contributed by atoms with Gasteiger partial charge in [-0.1, -0.05) is 29.8 Å². The summed E-state index contributed by atoms with van der Waals surface area (Å²) in [6.45, 7) is 4.75. The summed E-state index contributed by atoms with van der Waals surface area (Å²) in [7, 11) is -2.71.